The summed E-state index contributed by atoms with van der Waals surface area (Å²) in [5, 5.41) is 3.40. The van der Waals surface area contributed by atoms with E-state index in [1.54, 1.807) is 6.20 Å². The number of hydrogen-bond donors (Lipinski definition) is 1. The van der Waals surface area contributed by atoms with Crippen LogP contribution in [0.3, 0.4) is 0 Å². The first-order valence-electron chi connectivity index (χ1n) is 7.55. The molecular formula is C18H24N4. The summed E-state index contributed by atoms with van der Waals surface area (Å²) >= 11 is 0. The summed E-state index contributed by atoms with van der Waals surface area (Å²) in [5.74, 6) is 0.907. The molecule has 2 aromatic rings. The largest absolute Gasteiger partial charge is 0.356 e. The lowest BCUT2D eigenvalue weighted by molar-refractivity contribution is 0.477. The van der Waals surface area contributed by atoms with E-state index in [-0.39, 0.29) is 0 Å². The van der Waals surface area contributed by atoms with Gasteiger partial charge in [-0.2, -0.15) is 0 Å². The van der Waals surface area contributed by atoms with E-state index in [0.717, 1.165) is 25.5 Å². The van der Waals surface area contributed by atoms with Crippen LogP contribution < -0.4 is 5.32 Å². The van der Waals surface area contributed by atoms with Gasteiger partial charge in [0.1, 0.15) is 0 Å². The zero-order valence-corrected chi connectivity index (χ0v) is 13.6. The van der Waals surface area contributed by atoms with E-state index >= 15 is 0 Å². The van der Waals surface area contributed by atoms with E-state index in [0.29, 0.717) is 0 Å². The highest BCUT2D eigenvalue weighted by Gasteiger charge is 2.06. The molecule has 1 aromatic carbocycles. The van der Waals surface area contributed by atoms with E-state index in [2.05, 4.69) is 64.5 Å². The SMILES string of the molecule is CN=C(NCCc1cccnc1)N(C)Cc1ccc(C)cc1. The molecule has 0 bridgehead atoms. The Balaban J connectivity index is 1.84. The molecule has 1 N–H and O–H groups in total. The molecule has 0 spiro atoms. The molecule has 1 heterocycles. The van der Waals surface area contributed by atoms with Gasteiger partial charge in [-0.05, 0) is 30.5 Å². The van der Waals surface area contributed by atoms with Crippen LogP contribution >= 0.6 is 0 Å². The third kappa shape index (κ3) is 4.88. The minimum atomic E-state index is 0.840. The number of aromatic nitrogens is 1. The fourth-order valence-corrected chi connectivity index (χ4v) is 2.29. The summed E-state index contributed by atoms with van der Waals surface area (Å²) in [6, 6.07) is 12.7. The van der Waals surface area contributed by atoms with Gasteiger partial charge in [0, 0.05) is 39.6 Å². The highest BCUT2D eigenvalue weighted by Crippen LogP contribution is 2.06. The van der Waals surface area contributed by atoms with Gasteiger partial charge in [0.15, 0.2) is 5.96 Å². The number of rotatable bonds is 5. The number of pyridine rings is 1. The number of hydrogen-bond acceptors (Lipinski definition) is 2. The molecule has 0 atom stereocenters. The van der Waals surface area contributed by atoms with Crippen LogP contribution in [0.1, 0.15) is 16.7 Å². The predicted octanol–water partition coefficient (Wildman–Crippen LogP) is 2.64. The number of nitrogens with one attached hydrogen (secondary N) is 1. The van der Waals surface area contributed by atoms with Gasteiger partial charge >= 0.3 is 0 Å². The molecule has 0 fully saturated rings. The summed E-state index contributed by atoms with van der Waals surface area (Å²) < 4.78 is 0. The van der Waals surface area contributed by atoms with Crippen molar-refractivity contribution in [1.82, 2.24) is 15.2 Å². The maximum atomic E-state index is 4.35. The maximum Gasteiger partial charge on any atom is 0.193 e. The lowest BCUT2D eigenvalue weighted by Crippen LogP contribution is -2.39. The number of benzene rings is 1. The van der Waals surface area contributed by atoms with E-state index in [1.807, 2.05) is 19.3 Å². The Bertz CT molecular complexity index is 590. The van der Waals surface area contributed by atoms with Gasteiger partial charge < -0.3 is 10.2 Å². The molecule has 1 aromatic heterocycles. The normalized spacial score (nSPS) is 11.3. The first-order valence-corrected chi connectivity index (χ1v) is 7.55. The monoisotopic (exact) mass is 296 g/mol. The minimum Gasteiger partial charge on any atom is -0.356 e. The van der Waals surface area contributed by atoms with Crippen LogP contribution in [0.4, 0.5) is 0 Å². The quantitative estimate of drug-likeness (QED) is 0.681. The van der Waals surface area contributed by atoms with Crippen LogP contribution in [-0.4, -0.2) is 36.5 Å². The van der Waals surface area contributed by atoms with Crippen molar-refractivity contribution in [3.05, 3.63) is 65.5 Å². The fourth-order valence-electron chi connectivity index (χ4n) is 2.29. The third-order valence-corrected chi connectivity index (χ3v) is 3.53. The number of aliphatic imine (C=N–C) groups is 1. The molecular weight excluding hydrogens is 272 g/mol. The summed E-state index contributed by atoms with van der Waals surface area (Å²) in [6.45, 7) is 3.79. The lowest BCUT2D eigenvalue weighted by atomic mass is 10.1. The maximum absolute atomic E-state index is 4.35. The second-order valence-corrected chi connectivity index (χ2v) is 5.43. The first-order chi connectivity index (χ1) is 10.7. The molecule has 4 nitrogen and oxygen atoms in total. The molecule has 0 amide bonds. The molecule has 0 unspecified atom stereocenters. The summed E-state index contributed by atoms with van der Waals surface area (Å²) in [6.07, 6.45) is 4.64. The van der Waals surface area contributed by atoms with Crippen LogP contribution in [0.15, 0.2) is 53.8 Å². The van der Waals surface area contributed by atoms with E-state index in [9.17, 15) is 0 Å². The minimum absolute atomic E-state index is 0.840. The standard InChI is InChI=1S/C18H24N4/c1-15-6-8-17(9-7-15)14-22(3)18(19-2)21-12-10-16-5-4-11-20-13-16/h4-9,11,13H,10,12,14H2,1-3H3,(H,19,21). The van der Waals surface area contributed by atoms with Crippen molar-refractivity contribution in [2.75, 3.05) is 20.6 Å². The lowest BCUT2D eigenvalue weighted by Gasteiger charge is -2.22. The van der Waals surface area contributed by atoms with Gasteiger partial charge in [-0.25, -0.2) is 0 Å². The average Bonchev–Trinajstić information content (AvgIpc) is 2.54. The van der Waals surface area contributed by atoms with E-state index in [4.69, 9.17) is 0 Å². The Kier molecular flexibility index (Phi) is 5.95. The topological polar surface area (TPSA) is 40.5 Å². The fraction of sp³-hybridized carbons (Fsp3) is 0.333. The zero-order valence-electron chi connectivity index (χ0n) is 13.6. The Morgan fingerprint density at radius 3 is 2.59 bits per heavy atom. The van der Waals surface area contributed by atoms with Gasteiger partial charge in [-0.1, -0.05) is 35.9 Å². The van der Waals surface area contributed by atoms with Gasteiger partial charge in [0.25, 0.3) is 0 Å². The molecule has 0 aliphatic heterocycles. The molecule has 0 saturated heterocycles. The van der Waals surface area contributed by atoms with Gasteiger partial charge in [-0.3, -0.25) is 9.98 Å². The average molecular weight is 296 g/mol. The highest BCUT2D eigenvalue weighted by atomic mass is 15.3. The molecule has 0 radical (unpaired) electrons. The van der Waals surface area contributed by atoms with Crippen molar-refractivity contribution in [1.29, 1.82) is 0 Å². The van der Waals surface area contributed by atoms with Crippen LogP contribution in [0.25, 0.3) is 0 Å². The van der Waals surface area contributed by atoms with Crippen LogP contribution in [0, 0.1) is 6.92 Å². The molecule has 0 aliphatic rings. The first kappa shape index (κ1) is 16.0. The van der Waals surface area contributed by atoms with Crippen molar-refractivity contribution in [2.24, 2.45) is 4.99 Å². The van der Waals surface area contributed by atoms with Crippen molar-refractivity contribution in [3.8, 4) is 0 Å². The highest BCUT2D eigenvalue weighted by molar-refractivity contribution is 5.79. The zero-order chi connectivity index (χ0) is 15.8. The van der Waals surface area contributed by atoms with Crippen molar-refractivity contribution < 1.29 is 0 Å². The molecule has 0 aliphatic carbocycles. The second-order valence-electron chi connectivity index (χ2n) is 5.43. The van der Waals surface area contributed by atoms with Crippen molar-refractivity contribution >= 4 is 5.96 Å². The number of guanidine groups is 1. The van der Waals surface area contributed by atoms with Crippen molar-refractivity contribution in [3.63, 3.8) is 0 Å². The summed E-state index contributed by atoms with van der Waals surface area (Å²) in [4.78, 5) is 10.6. The smallest absolute Gasteiger partial charge is 0.193 e. The Morgan fingerprint density at radius 2 is 1.95 bits per heavy atom. The van der Waals surface area contributed by atoms with E-state index < -0.39 is 0 Å². The Hall–Kier alpha value is -2.36. The van der Waals surface area contributed by atoms with Crippen LogP contribution in [-0.2, 0) is 13.0 Å². The van der Waals surface area contributed by atoms with Crippen molar-refractivity contribution in [2.45, 2.75) is 19.9 Å². The van der Waals surface area contributed by atoms with Gasteiger partial charge in [0.05, 0.1) is 0 Å². The molecule has 22 heavy (non-hydrogen) atoms. The summed E-state index contributed by atoms with van der Waals surface area (Å²) in [7, 11) is 3.87. The van der Waals surface area contributed by atoms with Gasteiger partial charge in [0.2, 0.25) is 0 Å². The molecule has 4 heteroatoms. The predicted molar refractivity (Wildman–Crippen MR) is 91.9 cm³/mol. The Labute approximate surface area is 132 Å². The van der Waals surface area contributed by atoms with Crippen LogP contribution in [0.2, 0.25) is 0 Å². The van der Waals surface area contributed by atoms with Crippen LogP contribution in [0.5, 0.6) is 0 Å². The van der Waals surface area contributed by atoms with E-state index in [1.165, 1.54) is 16.7 Å². The van der Waals surface area contributed by atoms with Gasteiger partial charge in [-0.15, -0.1) is 0 Å². The Morgan fingerprint density at radius 1 is 1.18 bits per heavy atom. The molecule has 0 saturated carbocycles. The second kappa shape index (κ2) is 8.17. The summed E-state index contributed by atoms with van der Waals surface area (Å²) in [5.41, 5.74) is 3.79. The third-order valence-electron chi connectivity index (χ3n) is 3.53. The molecule has 2 rings (SSSR count). The number of nitrogens with zero attached hydrogens (tertiary/aromatic N) is 3. The number of aryl methyl sites for hydroxylation is 1. The molecule has 116 valence electrons.